The summed E-state index contributed by atoms with van der Waals surface area (Å²) >= 11 is 0. The SMILES string of the molecule is CCC(=O)CC(=O)c1c(C)cc(C)cc1C. The summed E-state index contributed by atoms with van der Waals surface area (Å²) in [5.41, 5.74) is 3.79. The van der Waals surface area contributed by atoms with Crippen LogP contribution in [0.25, 0.3) is 0 Å². The average molecular weight is 218 g/mol. The highest BCUT2D eigenvalue weighted by Crippen LogP contribution is 2.18. The number of ketones is 2. The third kappa shape index (κ3) is 2.78. The van der Waals surface area contributed by atoms with Crippen LogP contribution in [0.1, 0.15) is 46.8 Å². The summed E-state index contributed by atoms with van der Waals surface area (Å²) in [6, 6.07) is 3.97. The number of aryl methyl sites for hydroxylation is 3. The Hall–Kier alpha value is -1.44. The highest BCUT2D eigenvalue weighted by atomic mass is 16.1. The zero-order valence-electron chi connectivity index (χ0n) is 10.4. The minimum absolute atomic E-state index is 0.00405. The third-order valence-corrected chi connectivity index (χ3v) is 2.71. The van der Waals surface area contributed by atoms with Crippen molar-refractivity contribution in [3.8, 4) is 0 Å². The normalized spacial score (nSPS) is 10.2. The molecule has 0 aromatic heterocycles. The van der Waals surface area contributed by atoms with E-state index in [0.29, 0.717) is 12.0 Å². The van der Waals surface area contributed by atoms with E-state index < -0.39 is 0 Å². The number of hydrogen-bond donors (Lipinski definition) is 0. The molecule has 0 aliphatic carbocycles. The Kier molecular flexibility index (Phi) is 3.99. The van der Waals surface area contributed by atoms with Crippen LogP contribution in [0.4, 0.5) is 0 Å². The number of hydrogen-bond acceptors (Lipinski definition) is 2. The fourth-order valence-corrected chi connectivity index (χ4v) is 2.01. The highest BCUT2D eigenvalue weighted by molar-refractivity contribution is 6.09. The first kappa shape index (κ1) is 12.6. The maximum Gasteiger partial charge on any atom is 0.170 e. The Morgan fingerprint density at radius 2 is 1.56 bits per heavy atom. The van der Waals surface area contributed by atoms with Crippen LogP contribution in [-0.2, 0) is 4.79 Å². The molecule has 0 bridgehead atoms. The van der Waals surface area contributed by atoms with Crippen LogP contribution in [0, 0.1) is 20.8 Å². The van der Waals surface area contributed by atoms with Crippen LogP contribution in [0.5, 0.6) is 0 Å². The first-order chi connectivity index (χ1) is 7.45. The second-order valence-electron chi connectivity index (χ2n) is 4.27. The van der Waals surface area contributed by atoms with Gasteiger partial charge in [-0.15, -0.1) is 0 Å². The van der Waals surface area contributed by atoms with E-state index in [1.165, 1.54) is 0 Å². The van der Waals surface area contributed by atoms with E-state index in [2.05, 4.69) is 0 Å². The van der Waals surface area contributed by atoms with Crippen molar-refractivity contribution >= 4 is 11.6 Å². The van der Waals surface area contributed by atoms with Crippen molar-refractivity contribution in [2.45, 2.75) is 40.5 Å². The van der Waals surface area contributed by atoms with Crippen LogP contribution in [-0.4, -0.2) is 11.6 Å². The van der Waals surface area contributed by atoms with Crippen molar-refractivity contribution < 1.29 is 9.59 Å². The van der Waals surface area contributed by atoms with Gasteiger partial charge >= 0.3 is 0 Å². The number of Topliss-reactive ketones (excluding diaryl/α,β-unsaturated/α-hetero) is 2. The lowest BCUT2D eigenvalue weighted by atomic mass is 9.94. The Morgan fingerprint density at radius 3 is 2.00 bits per heavy atom. The fraction of sp³-hybridized carbons (Fsp3) is 0.429. The average Bonchev–Trinajstić information content (AvgIpc) is 2.15. The van der Waals surface area contributed by atoms with E-state index in [9.17, 15) is 9.59 Å². The molecule has 0 atom stereocenters. The Labute approximate surface area is 96.7 Å². The molecule has 0 unspecified atom stereocenters. The first-order valence-corrected chi connectivity index (χ1v) is 5.58. The molecule has 0 saturated carbocycles. The van der Waals surface area contributed by atoms with Gasteiger partial charge in [0.25, 0.3) is 0 Å². The third-order valence-electron chi connectivity index (χ3n) is 2.71. The summed E-state index contributed by atoms with van der Waals surface area (Å²) in [4.78, 5) is 23.2. The molecule has 0 saturated heterocycles. The molecule has 0 heterocycles. The lowest BCUT2D eigenvalue weighted by molar-refractivity contribution is -0.117. The highest BCUT2D eigenvalue weighted by Gasteiger charge is 2.15. The molecule has 86 valence electrons. The van der Waals surface area contributed by atoms with E-state index in [1.54, 1.807) is 6.92 Å². The largest absolute Gasteiger partial charge is 0.299 e. The minimum atomic E-state index is -0.0538. The molecule has 2 nitrogen and oxygen atoms in total. The summed E-state index contributed by atoms with van der Waals surface area (Å²) in [5, 5.41) is 0. The van der Waals surface area contributed by atoms with Crippen LogP contribution in [0.3, 0.4) is 0 Å². The molecular weight excluding hydrogens is 200 g/mol. The molecule has 1 aromatic carbocycles. The summed E-state index contributed by atoms with van der Waals surface area (Å²) in [6.07, 6.45) is 0.455. The van der Waals surface area contributed by atoms with E-state index in [0.717, 1.165) is 16.7 Å². The first-order valence-electron chi connectivity index (χ1n) is 5.58. The van der Waals surface area contributed by atoms with Gasteiger partial charge in [0.2, 0.25) is 0 Å². The Morgan fingerprint density at radius 1 is 1.06 bits per heavy atom. The van der Waals surface area contributed by atoms with Crippen LogP contribution in [0.15, 0.2) is 12.1 Å². The lowest BCUT2D eigenvalue weighted by Gasteiger charge is -2.09. The number of carbonyl (C=O) groups is 2. The topological polar surface area (TPSA) is 34.1 Å². The standard InChI is InChI=1S/C14H18O2/c1-5-12(15)8-13(16)14-10(3)6-9(2)7-11(14)4/h6-7H,5,8H2,1-4H3. The molecule has 0 amide bonds. The van der Waals surface area contributed by atoms with Crippen molar-refractivity contribution in [3.63, 3.8) is 0 Å². The maximum absolute atomic E-state index is 11.9. The molecule has 0 aliphatic rings. The van der Waals surface area contributed by atoms with Gasteiger partial charge in [0.15, 0.2) is 5.78 Å². The van der Waals surface area contributed by atoms with Crippen LogP contribution in [0.2, 0.25) is 0 Å². The van der Waals surface area contributed by atoms with Gasteiger partial charge in [-0.05, 0) is 31.9 Å². The van der Waals surface area contributed by atoms with Crippen molar-refractivity contribution in [1.29, 1.82) is 0 Å². The van der Waals surface area contributed by atoms with Gasteiger partial charge < -0.3 is 0 Å². The molecule has 1 aromatic rings. The van der Waals surface area contributed by atoms with Crippen molar-refractivity contribution in [3.05, 3.63) is 34.4 Å². The van der Waals surface area contributed by atoms with Gasteiger partial charge in [-0.25, -0.2) is 0 Å². The second-order valence-corrected chi connectivity index (χ2v) is 4.27. The summed E-state index contributed by atoms with van der Waals surface area (Å²) in [5.74, 6) is -0.0498. The molecule has 0 N–H and O–H groups in total. The van der Waals surface area contributed by atoms with Gasteiger partial charge in [0.05, 0.1) is 6.42 Å². The zero-order valence-corrected chi connectivity index (χ0v) is 10.4. The second kappa shape index (κ2) is 5.06. The van der Waals surface area contributed by atoms with Gasteiger partial charge in [-0.2, -0.15) is 0 Å². The quantitative estimate of drug-likeness (QED) is 0.574. The fourth-order valence-electron chi connectivity index (χ4n) is 2.01. The van der Waals surface area contributed by atoms with E-state index in [1.807, 2.05) is 32.9 Å². The van der Waals surface area contributed by atoms with Crippen molar-refractivity contribution in [2.24, 2.45) is 0 Å². The number of carbonyl (C=O) groups excluding carboxylic acids is 2. The minimum Gasteiger partial charge on any atom is -0.299 e. The van der Waals surface area contributed by atoms with Gasteiger partial charge in [0, 0.05) is 12.0 Å². The molecule has 0 radical (unpaired) electrons. The maximum atomic E-state index is 11.9. The van der Waals surface area contributed by atoms with Gasteiger partial charge in [-0.3, -0.25) is 9.59 Å². The predicted molar refractivity (Wildman–Crippen MR) is 64.9 cm³/mol. The molecule has 1 rings (SSSR count). The summed E-state index contributed by atoms with van der Waals surface area (Å²) in [7, 11) is 0. The Bertz CT molecular complexity index is 407. The van der Waals surface area contributed by atoms with Crippen molar-refractivity contribution in [2.75, 3.05) is 0 Å². The molecule has 0 spiro atoms. The lowest BCUT2D eigenvalue weighted by Crippen LogP contribution is -2.10. The monoisotopic (exact) mass is 218 g/mol. The van der Waals surface area contributed by atoms with Crippen LogP contribution < -0.4 is 0 Å². The number of benzene rings is 1. The summed E-state index contributed by atoms with van der Waals surface area (Å²) < 4.78 is 0. The summed E-state index contributed by atoms with van der Waals surface area (Å²) in [6.45, 7) is 7.63. The smallest absolute Gasteiger partial charge is 0.170 e. The van der Waals surface area contributed by atoms with Gasteiger partial charge in [0.1, 0.15) is 5.78 Å². The molecule has 0 fully saturated rings. The van der Waals surface area contributed by atoms with E-state index in [4.69, 9.17) is 0 Å². The molecule has 0 aliphatic heterocycles. The van der Waals surface area contributed by atoms with E-state index in [-0.39, 0.29) is 18.0 Å². The molecular formula is C14H18O2. The molecule has 2 heteroatoms. The van der Waals surface area contributed by atoms with Gasteiger partial charge in [-0.1, -0.05) is 24.6 Å². The van der Waals surface area contributed by atoms with E-state index >= 15 is 0 Å². The molecule has 16 heavy (non-hydrogen) atoms. The Balaban J connectivity index is 3.04. The van der Waals surface area contributed by atoms with Crippen LogP contribution >= 0.6 is 0 Å². The zero-order chi connectivity index (χ0) is 12.3. The number of rotatable bonds is 4. The van der Waals surface area contributed by atoms with Crippen molar-refractivity contribution in [1.82, 2.24) is 0 Å². The predicted octanol–water partition coefficient (Wildman–Crippen LogP) is 3.16.